The molecule has 1 aromatic carbocycles. The summed E-state index contributed by atoms with van der Waals surface area (Å²) in [5, 5.41) is 20.8. The molecule has 1 saturated heterocycles. The first-order valence-electron chi connectivity index (χ1n) is 7.47. The Balaban J connectivity index is 2.07. The first kappa shape index (κ1) is 17.3. The van der Waals surface area contributed by atoms with Crippen molar-refractivity contribution in [3.8, 4) is 0 Å². The third kappa shape index (κ3) is 3.48. The van der Waals surface area contributed by atoms with Crippen molar-refractivity contribution in [3.05, 3.63) is 57.7 Å². The molecule has 2 aliphatic rings. The number of carboxylic acids is 1. The number of hydrogen-bond acceptors (Lipinski definition) is 7. The molecule has 0 bridgehead atoms. The molecule has 9 nitrogen and oxygen atoms in total. The highest BCUT2D eigenvalue weighted by molar-refractivity contribution is 7.58. The van der Waals surface area contributed by atoms with Crippen LogP contribution in [-0.4, -0.2) is 29.2 Å². The Hall–Kier alpha value is -2.48. The zero-order valence-corrected chi connectivity index (χ0v) is 13.9. The highest BCUT2D eigenvalue weighted by Gasteiger charge is 2.37. The number of nitro groups is 1. The van der Waals surface area contributed by atoms with Gasteiger partial charge >= 0.3 is 13.6 Å². The number of carbonyl (C=O) groups is 1. The molecule has 0 unspecified atom stereocenters. The largest absolute Gasteiger partial charge is 0.478 e. The Kier molecular flexibility index (Phi) is 4.71. The van der Waals surface area contributed by atoms with Crippen LogP contribution in [0, 0.1) is 10.1 Å². The summed E-state index contributed by atoms with van der Waals surface area (Å²) >= 11 is 0. The van der Waals surface area contributed by atoms with E-state index in [9.17, 15) is 24.6 Å². The van der Waals surface area contributed by atoms with Gasteiger partial charge < -0.3 is 19.1 Å². The zero-order valence-electron chi connectivity index (χ0n) is 13.0. The van der Waals surface area contributed by atoms with Crippen LogP contribution < -0.4 is 4.90 Å². The molecule has 0 saturated carbocycles. The molecule has 0 aliphatic carbocycles. The summed E-state index contributed by atoms with van der Waals surface area (Å²) in [5.74, 6) is -1.21. The molecule has 0 atom stereocenters. The highest BCUT2D eigenvalue weighted by Crippen LogP contribution is 2.60. The number of para-hydroxylation sites is 2. The molecule has 1 aromatic rings. The topological polar surface area (TPSA) is 119 Å². The third-order valence-electron chi connectivity index (χ3n) is 3.75. The molecule has 0 amide bonds. The molecule has 0 spiro atoms. The maximum atomic E-state index is 12.9. The average molecular weight is 366 g/mol. The SMILES string of the molecule is O=C(O)C1=CN(c2ccccc2[N+](=O)[O-])C=C(P2(=O)OCCCO2)C1. The first-order chi connectivity index (χ1) is 11.9. The molecule has 0 aromatic heterocycles. The normalized spacial score (nSPS) is 19.8. The van der Waals surface area contributed by atoms with Gasteiger partial charge in [0.1, 0.15) is 5.69 Å². The Bertz CT molecular complexity index is 823. The van der Waals surface area contributed by atoms with Crippen LogP contribution in [0.5, 0.6) is 0 Å². The second-order valence-electron chi connectivity index (χ2n) is 5.43. The van der Waals surface area contributed by atoms with Gasteiger partial charge in [-0.05, 0) is 12.5 Å². The van der Waals surface area contributed by atoms with Crippen molar-refractivity contribution in [1.29, 1.82) is 0 Å². The van der Waals surface area contributed by atoms with Gasteiger partial charge in [-0.1, -0.05) is 12.1 Å². The lowest BCUT2D eigenvalue weighted by molar-refractivity contribution is -0.384. The monoisotopic (exact) mass is 366 g/mol. The third-order valence-corrected chi connectivity index (χ3v) is 5.77. The van der Waals surface area contributed by atoms with E-state index < -0.39 is 18.5 Å². The Labute approximate surface area is 142 Å². The summed E-state index contributed by atoms with van der Waals surface area (Å²) in [5.41, 5.74) is -0.111. The summed E-state index contributed by atoms with van der Waals surface area (Å²) < 4.78 is 23.4. The maximum absolute atomic E-state index is 12.9. The van der Waals surface area contributed by atoms with E-state index in [2.05, 4.69) is 0 Å². The Morgan fingerprint density at radius 3 is 2.56 bits per heavy atom. The summed E-state index contributed by atoms with van der Waals surface area (Å²) in [6.07, 6.45) is 3.13. The summed E-state index contributed by atoms with van der Waals surface area (Å²) in [6.45, 7) is 0.485. The fourth-order valence-electron chi connectivity index (χ4n) is 2.56. The molecule has 25 heavy (non-hydrogen) atoms. The predicted molar refractivity (Wildman–Crippen MR) is 88.1 cm³/mol. The lowest BCUT2D eigenvalue weighted by atomic mass is 10.1. The number of nitro benzene ring substituents is 1. The number of hydrogen-bond donors (Lipinski definition) is 1. The highest BCUT2D eigenvalue weighted by atomic mass is 31.2. The zero-order chi connectivity index (χ0) is 18.0. The maximum Gasteiger partial charge on any atom is 0.359 e. The standard InChI is InChI=1S/C15H15N2O7P/c18-15(19)11-8-12(25(22)23-6-3-7-24-25)10-16(9-11)13-4-1-2-5-14(13)17(20)21/h1-2,4-5,9-10H,3,6-8H2,(H,18,19). The number of benzene rings is 1. The van der Waals surface area contributed by atoms with E-state index in [1.54, 1.807) is 6.07 Å². The Morgan fingerprint density at radius 1 is 1.24 bits per heavy atom. The first-order valence-corrected chi connectivity index (χ1v) is 9.01. The van der Waals surface area contributed by atoms with E-state index in [1.165, 1.54) is 35.5 Å². The molecule has 132 valence electrons. The number of aliphatic carboxylic acids is 1. The van der Waals surface area contributed by atoms with E-state index in [1.807, 2.05) is 0 Å². The molecular formula is C15H15N2O7P. The van der Waals surface area contributed by atoms with Crippen LogP contribution >= 0.6 is 7.60 Å². The van der Waals surface area contributed by atoms with Gasteiger partial charge in [0.25, 0.3) is 5.69 Å². The number of nitrogens with zero attached hydrogens (tertiary/aromatic N) is 2. The number of allylic oxidation sites excluding steroid dienone is 1. The summed E-state index contributed by atoms with van der Waals surface area (Å²) in [4.78, 5) is 23.4. The van der Waals surface area contributed by atoms with E-state index in [-0.39, 0.29) is 41.9 Å². The van der Waals surface area contributed by atoms with E-state index in [0.29, 0.717) is 6.42 Å². The van der Waals surface area contributed by atoms with Crippen molar-refractivity contribution < 1.29 is 28.4 Å². The van der Waals surface area contributed by atoms with Crippen LogP contribution in [0.4, 0.5) is 11.4 Å². The number of anilines is 1. The Morgan fingerprint density at radius 2 is 1.92 bits per heavy atom. The van der Waals surface area contributed by atoms with Gasteiger partial charge in [0, 0.05) is 24.9 Å². The van der Waals surface area contributed by atoms with Crippen molar-refractivity contribution >= 4 is 24.9 Å². The fourth-order valence-corrected chi connectivity index (χ4v) is 4.33. The molecular weight excluding hydrogens is 351 g/mol. The average Bonchev–Trinajstić information content (AvgIpc) is 2.62. The number of carboxylic acid groups (broad SMARTS) is 1. The molecule has 0 radical (unpaired) electrons. The van der Waals surface area contributed by atoms with Gasteiger partial charge in [-0.25, -0.2) is 4.79 Å². The van der Waals surface area contributed by atoms with Crippen LogP contribution in [0.25, 0.3) is 0 Å². The lowest BCUT2D eigenvalue weighted by Gasteiger charge is -2.29. The van der Waals surface area contributed by atoms with Crippen LogP contribution in [0.3, 0.4) is 0 Å². The van der Waals surface area contributed by atoms with E-state index in [0.717, 1.165) is 0 Å². The van der Waals surface area contributed by atoms with Crippen LogP contribution in [0.2, 0.25) is 0 Å². The molecule has 2 aliphatic heterocycles. The quantitative estimate of drug-likeness (QED) is 0.490. The minimum absolute atomic E-state index is 0.0661. The molecule has 1 N–H and O–H groups in total. The van der Waals surface area contributed by atoms with Crippen LogP contribution in [0.1, 0.15) is 12.8 Å². The minimum atomic E-state index is -3.62. The van der Waals surface area contributed by atoms with E-state index in [4.69, 9.17) is 9.05 Å². The van der Waals surface area contributed by atoms with Crippen molar-refractivity contribution in [2.75, 3.05) is 18.1 Å². The predicted octanol–water partition coefficient (Wildman–Crippen LogP) is 3.24. The second kappa shape index (κ2) is 6.79. The van der Waals surface area contributed by atoms with Gasteiger partial charge in [-0.2, -0.15) is 0 Å². The van der Waals surface area contributed by atoms with Crippen molar-refractivity contribution in [2.45, 2.75) is 12.8 Å². The number of rotatable bonds is 4. The van der Waals surface area contributed by atoms with Gasteiger partial charge in [-0.3, -0.25) is 14.7 Å². The minimum Gasteiger partial charge on any atom is -0.478 e. The van der Waals surface area contributed by atoms with Crippen molar-refractivity contribution in [3.63, 3.8) is 0 Å². The van der Waals surface area contributed by atoms with Crippen molar-refractivity contribution in [1.82, 2.24) is 0 Å². The molecule has 2 heterocycles. The molecule has 1 fully saturated rings. The van der Waals surface area contributed by atoms with Gasteiger partial charge in [0.05, 0.1) is 29.0 Å². The van der Waals surface area contributed by atoms with Gasteiger partial charge in [-0.15, -0.1) is 0 Å². The molecule has 3 rings (SSSR count). The van der Waals surface area contributed by atoms with Crippen LogP contribution in [0.15, 0.2) is 47.6 Å². The van der Waals surface area contributed by atoms with Gasteiger partial charge in [0.2, 0.25) is 0 Å². The summed E-state index contributed by atoms with van der Waals surface area (Å²) in [7, 11) is -3.62. The smallest absolute Gasteiger partial charge is 0.359 e. The van der Waals surface area contributed by atoms with Crippen molar-refractivity contribution in [2.24, 2.45) is 0 Å². The van der Waals surface area contributed by atoms with E-state index >= 15 is 0 Å². The lowest BCUT2D eigenvalue weighted by Crippen LogP contribution is -2.21. The second-order valence-corrected chi connectivity index (χ2v) is 7.51. The van der Waals surface area contributed by atoms with Crippen LogP contribution in [-0.2, 0) is 18.4 Å². The summed E-state index contributed by atoms with van der Waals surface area (Å²) in [6, 6.07) is 5.88. The fraction of sp³-hybridized carbons (Fsp3) is 0.267. The molecule has 10 heteroatoms. The van der Waals surface area contributed by atoms with Gasteiger partial charge in [0.15, 0.2) is 0 Å².